The number of halogens is 2. The van der Waals surface area contributed by atoms with E-state index in [4.69, 9.17) is 0 Å². The predicted molar refractivity (Wildman–Crippen MR) is 60.0 cm³/mol. The van der Waals surface area contributed by atoms with Gasteiger partial charge in [-0.3, -0.25) is 0 Å². The van der Waals surface area contributed by atoms with E-state index < -0.39 is 0 Å². The second-order valence-corrected chi connectivity index (χ2v) is 3.88. The van der Waals surface area contributed by atoms with Crippen LogP contribution >= 0.6 is 15.9 Å². The molecule has 2 N–H and O–H groups in total. The minimum atomic E-state index is -0.274. The summed E-state index contributed by atoms with van der Waals surface area (Å²) in [4.78, 5) is 6.81. The van der Waals surface area contributed by atoms with E-state index in [0.29, 0.717) is 16.7 Å². The molecule has 0 aliphatic rings. The number of benzene rings is 1. The molecule has 0 bridgehead atoms. The highest BCUT2D eigenvalue weighted by molar-refractivity contribution is 9.10. The first kappa shape index (κ1) is 10.2. The van der Waals surface area contributed by atoms with E-state index >= 15 is 0 Å². The second-order valence-electron chi connectivity index (χ2n) is 3.03. The highest BCUT2D eigenvalue weighted by Crippen LogP contribution is 2.25. The zero-order chi connectivity index (χ0) is 10.7. The standard InChI is InChI=1S/C10H9BrFN3/c11-8-2-1-3-9(12)10(8)14-5-7-4-13-6-15-7/h1-4,6,14H,5H2,(H,13,15). The molecule has 1 heterocycles. The van der Waals surface area contributed by atoms with Gasteiger partial charge in [0, 0.05) is 10.7 Å². The number of para-hydroxylation sites is 1. The number of rotatable bonds is 3. The van der Waals surface area contributed by atoms with Crippen molar-refractivity contribution >= 4 is 21.6 Å². The minimum Gasteiger partial charge on any atom is -0.376 e. The molecule has 3 nitrogen and oxygen atoms in total. The molecule has 1 aromatic heterocycles. The summed E-state index contributed by atoms with van der Waals surface area (Å²) in [5.74, 6) is -0.274. The lowest BCUT2D eigenvalue weighted by Gasteiger charge is -2.07. The number of aromatic amines is 1. The number of anilines is 1. The van der Waals surface area contributed by atoms with Crippen LogP contribution in [0.15, 0.2) is 35.2 Å². The molecule has 0 saturated carbocycles. The number of H-pyrrole nitrogens is 1. The summed E-state index contributed by atoms with van der Waals surface area (Å²) in [6, 6.07) is 4.86. The molecule has 0 unspecified atom stereocenters. The van der Waals surface area contributed by atoms with Crippen LogP contribution in [0, 0.1) is 5.82 Å². The van der Waals surface area contributed by atoms with Crippen LogP contribution in [0.2, 0.25) is 0 Å². The monoisotopic (exact) mass is 269 g/mol. The molecule has 2 aromatic rings. The van der Waals surface area contributed by atoms with Gasteiger partial charge in [0.15, 0.2) is 0 Å². The maximum atomic E-state index is 13.4. The van der Waals surface area contributed by atoms with Gasteiger partial charge in [-0.25, -0.2) is 9.37 Å². The molecule has 0 radical (unpaired) electrons. The first-order chi connectivity index (χ1) is 7.27. The topological polar surface area (TPSA) is 40.7 Å². The van der Waals surface area contributed by atoms with E-state index in [0.717, 1.165) is 5.69 Å². The summed E-state index contributed by atoms with van der Waals surface area (Å²) >= 11 is 3.28. The van der Waals surface area contributed by atoms with Crippen LogP contribution in [-0.2, 0) is 6.54 Å². The van der Waals surface area contributed by atoms with Crippen molar-refractivity contribution in [3.05, 3.63) is 46.7 Å². The van der Waals surface area contributed by atoms with Crippen LogP contribution in [0.5, 0.6) is 0 Å². The summed E-state index contributed by atoms with van der Waals surface area (Å²) in [7, 11) is 0. The molecular formula is C10H9BrFN3. The number of hydrogen-bond donors (Lipinski definition) is 2. The lowest BCUT2D eigenvalue weighted by atomic mass is 10.3. The Morgan fingerprint density at radius 1 is 1.47 bits per heavy atom. The second kappa shape index (κ2) is 4.44. The first-order valence-electron chi connectivity index (χ1n) is 4.42. The minimum absolute atomic E-state index is 0.274. The Labute approximate surface area is 94.9 Å². The number of aromatic nitrogens is 2. The zero-order valence-electron chi connectivity index (χ0n) is 7.80. The van der Waals surface area contributed by atoms with Gasteiger partial charge < -0.3 is 10.3 Å². The predicted octanol–water partition coefficient (Wildman–Crippen LogP) is 2.92. The average molecular weight is 270 g/mol. The maximum Gasteiger partial charge on any atom is 0.147 e. The molecule has 78 valence electrons. The van der Waals surface area contributed by atoms with Crippen molar-refractivity contribution in [2.75, 3.05) is 5.32 Å². The van der Waals surface area contributed by atoms with Crippen LogP contribution in [0.3, 0.4) is 0 Å². The number of nitrogens with zero attached hydrogens (tertiary/aromatic N) is 1. The highest BCUT2D eigenvalue weighted by atomic mass is 79.9. The van der Waals surface area contributed by atoms with Crippen LogP contribution in [0.1, 0.15) is 5.69 Å². The Kier molecular flexibility index (Phi) is 3.01. The van der Waals surface area contributed by atoms with Crippen molar-refractivity contribution in [1.29, 1.82) is 0 Å². The molecule has 0 aliphatic heterocycles. The van der Waals surface area contributed by atoms with Gasteiger partial charge in [-0.15, -0.1) is 0 Å². The van der Waals surface area contributed by atoms with Crippen LogP contribution in [0.4, 0.5) is 10.1 Å². The van der Waals surface area contributed by atoms with Gasteiger partial charge in [-0.2, -0.15) is 0 Å². The third-order valence-electron chi connectivity index (χ3n) is 1.97. The van der Waals surface area contributed by atoms with Gasteiger partial charge >= 0.3 is 0 Å². The van der Waals surface area contributed by atoms with Crippen LogP contribution < -0.4 is 5.32 Å². The molecule has 0 aliphatic carbocycles. The van der Waals surface area contributed by atoms with Gasteiger partial charge in [0.05, 0.1) is 24.3 Å². The van der Waals surface area contributed by atoms with Gasteiger partial charge in [-0.1, -0.05) is 6.07 Å². The SMILES string of the molecule is Fc1cccc(Br)c1NCc1cnc[nH]1. The summed E-state index contributed by atoms with van der Waals surface area (Å²) in [6.07, 6.45) is 3.29. The van der Waals surface area contributed by atoms with Crippen molar-refractivity contribution < 1.29 is 4.39 Å². The average Bonchev–Trinajstić information content (AvgIpc) is 2.70. The quantitative estimate of drug-likeness (QED) is 0.900. The molecular weight excluding hydrogens is 261 g/mol. The van der Waals surface area contributed by atoms with E-state index in [9.17, 15) is 4.39 Å². The third kappa shape index (κ3) is 2.36. The summed E-state index contributed by atoms with van der Waals surface area (Å²) in [5, 5.41) is 2.99. The molecule has 0 atom stereocenters. The molecule has 15 heavy (non-hydrogen) atoms. The van der Waals surface area contributed by atoms with Crippen molar-refractivity contribution in [1.82, 2.24) is 9.97 Å². The smallest absolute Gasteiger partial charge is 0.147 e. The molecule has 0 fully saturated rings. The zero-order valence-corrected chi connectivity index (χ0v) is 9.38. The third-order valence-corrected chi connectivity index (χ3v) is 2.63. The molecule has 1 aromatic carbocycles. The summed E-state index contributed by atoms with van der Waals surface area (Å²) < 4.78 is 14.1. The van der Waals surface area contributed by atoms with Crippen molar-refractivity contribution in [2.24, 2.45) is 0 Å². The van der Waals surface area contributed by atoms with Gasteiger partial charge in [-0.05, 0) is 28.1 Å². The fourth-order valence-electron chi connectivity index (χ4n) is 1.23. The van der Waals surface area contributed by atoms with Gasteiger partial charge in [0.25, 0.3) is 0 Å². The Balaban J connectivity index is 2.11. The van der Waals surface area contributed by atoms with Crippen molar-refractivity contribution in [3.8, 4) is 0 Å². The molecule has 0 saturated heterocycles. The Morgan fingerprint density at radius 2 is 2.33 bits per heavy atom. The van der Waals surface area contributed by atoms with E-state index in [1.807, 2.05) is 0 Å². The summed E-state index contributed by atoms with van der Waals surface area (Å²) in [5.41, 5.74) is 1.37. The maximum absolute atomic E-state index is 13.4. The lowest BCUT2D eigenvalue weighted by Crippen LogP contribution is -2.02. The van der Waals surface area contributed by atoms with E-state index in [1.165, 1.54) is 6.07 Å². The highest BCUT2D eigenvalue weighted by Gasteiger charge is 2.05. The van der Waals surface area contributed by atoms with Gasteiger partial charge in [0.1, 0.15) is 5.82 Å². The Hall–Kier alpha value is -1.36. The Bertz CT molecular complexity index is 422. The first-order valence-corrected chi connectivity index (χ1v) is 5.22. The largest absolute Gasteiger partial charge is 0.376 e. The van der Waals surface area contributed by atoms with Crippen LogP contribution in [-0.4, -0.2) is 9.97 Å². The molecule has 0 amide bonds. The lowest BCUT2D eigenvalue weighted by molar-refractivity contribution is 0.629. The van der Waals surface area contributed by atoms with Crippen molar-refractivity contribution in [3.63, 3.8) is 0 Å². The molecule has 2 rings (SSSR count). The van der Waals surface area contributed by atoms with E-state index in [-0.39, 0.29) is 5.82 Å². The number of imidazole rings is 1. The summed E-state index contributed by atoms with van der Waals surface area (Å²) in [6.45, 7) is 0.513. The number of hydrogen-bond acceptors (Lipinski definition) is 2. The van der Waals surface area contributed by atoms with Crippen LogP contribution in [0.25, 0.3) is 0 Å². The van der Waals surface area contributed by atoms with E-state index in [2.05, 4.69) is 31.2 Å². The van der Waals surface area contributed by atoms with Gasteiger partial charge in [0.2, 0.25) is 0 Å². The van der Waals surface area contributed by atoms with E-state index in [1.54, 1.807) is 24.7 Å². The Morgan fingerprint density at radius 3 is 3.00 bits per heavy atom. The number of nitrogens with one attached hydrogen (secondary N) is 2. The fraction of sp³-hybridized carbons (Fsp3) is 0.100. The van der Waals surface area contributed by atoms with Crippen molar-refractivity contribution in [2.45, 2.75) is 6.54 Å². The fourth-order valence-corrected chi connectivity index (χ4v) is 1.71. The normalized spacial score (nSPS) is 10.3. The molecule has 0 spiro atoms. The molecule has 5 heteroatoms.